The van der Waals surface area contributed by atoms with Crippen molar-refractivity contribution in [2.75, 3.05) is 18.5 Å². The van der Waals surface area contributed by atoms with Gasteiger partial charge in [-0.1, -0.05) is 46.3 Å². The second-order valence-corrected chi connectivity index (χ2v) is 5.36. The topological polar surface area (TPSA) is 20.3 Å². The predicted octanol–water partition coefficient (Wildman–Crippen LogP) is 4.16. The zero-order valence-corrected chi connectivity index (χ0v) is 12.4. The number of rotatable bonds is 5. The Kier molecular flexibility index (Phi) is 4.74. The van der Waals surface area contributed by atoms with E-state index in [9.17, 15) is 4.79 Å². The Labute approximate surface area is 122 Å². The highest BCUT2D eigenvalue weighted by molar-refractivity contribution is 9.10. The molecule has 0 unspecified atom stereocenters. The van der Waals surface area contributed by atoms with Gasteiger partial charge in [0.15, 0.2) is 5.78 Å². The van der Waals surface area contributed by atoms with Crippen molar-refractivity contribution in [2.45, 2.75) is 6.42 Å². The molecule has 0 bridgehead atoms. The fourth-order valence-corrected chi connectivity index (χ4v) is 2.29. The average Bonchev–Trinajstić information content (AvgIpc) is 2.45. The number of Topliss-reactive ketones (excluding diaryl/α,β-unsaturated/α-hetero) is 1. The van der Waals surface area contributed by atoms with Gasteiger partial charge in [0.05, 0.1) is 0 Å². The highest BCUT2D eigenvalue weighted by Crippen LogP contribution is 2.15. The number of ketones is 1. The fraction of sp³-hybridized carbons (Fsp3) is 0.188. The summed E-state index contributed by atoms with van der Waals surface area (Å²) >= 11 is 3.38. The van der Waals surface area contributed by atoms with E-state index in [1.165, 1.54) is 0 Å². The molecule has 2 aromatic rings. The van der Waals surface area contributed by atoms with Crippen molar-refractivity contribution < 1.29 is 4.79 Å². The molecule has 0 spiro atoms. The number of benzene rings is 2. The number of para-hydroxylation sites is 1. The molecule has 0 radical (unpaired) electrons. The first-order valence-corrected chi connectivity index (χ1v) is 7.01. The Bertz CT molecular complexity index is 554. The van der Waals surface area contributed by atoms with E-state index < -0.39 is 0 Å². The summed E-state index contributed by atoms with van der Waals surface area (Å²) in [5, 5.41) is 0. The van der Waals surface area contributed by atoms with Gasteiger partial charge >= 0.3 is 0 Å². The number of carbonyl (C=O) groups is 1. The molecule has 2 rings (SSSR count). The number of nitrogens with zero attached hydrogens (tertiary/aromatic N) is 1. The lowest BCUT2D eigenvalue weighted by Crippen LogP contribution is -2.21. The smallest absolute Gasteiger partial charge is 0.164 e. The molecule has 0 fully saturated rings. The maximum Gasteiger partial charge on any atom is 0.164 e. The molecule has 19 heavy (non-hydrogen) atoms. The van der Waals surface area contributed by atoms with Crippen molar-refractivity contribution >= 4 is 27.4 Å². The molecule has 98 valence electrons. The van der Waals surface area contributed by atoms with E-state index in [1.807, 2.05) is 61.6 Å². The van der Waals surface area contributed by atoms with Gasteiger partial charge in [-0.2, -0.15) is 0 Å². The molecule has 0 aliphatic carbocycles. The number of carbonyl (C=O) groups excluding carboxylic acids is 1. The molecule has 2 nitrogen and oxygen atoms in total. The van der Waals surface area contributed by atoms with Crippen LogP contribution in [-0.4, -0.2) is 19.4 Å². The van der Waals surface area contributed by atoms with E-state index in [1.54, 1.807) is 0 Å². The van der Waals surface area contributed by atoms with Crippen LogP contribution >= 0.6 is 15.9 Å². The number of anilines is 1. The molecule has 0 heterocycles. The molecule has 0 saturated heterocycles. The van der Waals surface area contributed by atoms with Gasteiger partial charge in [-0.3, -0.25) is 4.79 Å². The van der Waals surface area contributed by atoms with Crippen molar-refractivity contribution in [3.63, 3.8) is 0 Å². The lowest BCUT2D eigenvalue weighted by atomic mass is 10.1. The van der Waals surface area contributed by atoms with E-state index in [-0.39, 0.29) is 5.78 Å². The van der Waals surface area contributed by atoms with Crippen LogP contribution in [-0.2, 0) is 0 Å². The summed E-state index contributed by atoms with van der Waals surface area (Å²) < 4.78 is 0.940. The van der Waals surface area contributed by atoms with Crippen LogP contribution in [0.3, 0.4) is 0 Å². The van der Waals surface area contributed by atoms with E-state index in [0.717, 1.165) is 22.3 Å². The van der Waals surface area contributed by atoms with Crippen molar-refractivity contribution in [3.8, 4) is 0 Å². The Morgan fingerprint density at radius 2 is 1.84 bits per heavy atom. The first-order valence-electron chi connectivity index (χ1n) is 6.22. The highest BCUT2D eigenvalue weighted by atomic mass is 79.9. The second kappa shape index (κ2) is 6.53. The first kappa shape index (κ1) is 13.8. The van der Waals surface area contributed by atoms with Crippen molar-refractivity contribution in [2.24, 2.45) is 0 Å². The van der Waals surface area contributed by atoms with E-state index in [4.69, 9.17) is 0 Å². The normalized spacial score (nSPS) is 10.2. The van der Waals surface area contributed by atoms with E-state index >= 15 is 0 Å². The van der Waals surface area contributed by atoms with Crippen LogP contribution in [0.5, 0.6) is 0 Å². The number of hydrogen-bond donors (Lipinski definition) is 0. The van der Waals surface area contributed by atoms with Crippen LogP contribution < -0.4 is 4.90 Å². The van der Waals surface area contributed by atoms with Gasteiger partial charge in [-0.25, -0.2) is 0 Å². The third kappa shape index (κ3) is 3.93. The molecule has 0 aliphatic rings. The zero-order chi connectivity index (χ0) is 13.7. The van der Waals surface area contributed by atoms with Gasteiger partial charge in [0.25, 0.3) is 0 Å². The summed E-state index contributed by atoms with van der Waals surface area (Å²) in [5.74, 6) is 0.170. The average molecular weight is 318 g/mol. The predicted molar refractivity (Wildman–Crippen MR) is 82.8 cm³/mol. The molecule has 2 aromatic carbocycles. The minimum absolute atomic E-state index is 0.170. The molecule has 0 atom stereocenters. The minimum Gasteiger partial charge on any atom is -0.374 e. The van der Waals surface area contributed by atoms with Crippen LogP contribution in [0.15, 0.2) is 59.1 Å². The van der Waals surface area contributed by atoms with Gasteiger partial charge in [0.1, 0.15) is 0 Å². The van der Waals surface area contributed by atoms with Crippen LogP contribution in [0, 0.1) is 0 Å². The van der Waals surface area contributed by atoms with E-state index in [2.05, 4.69) is 20.8 Å². The molecular formula is C16H16BrNO. The summed E-state index contributed by atoms with van der Waals surface area (Å²) in [4.78, 5) is 14.2. The Hall–Kier alpha value is -1.61. The SMILES string of the molecule is CN(CCC(=O)c1cccc(Br)c1)c1ccccc1. The summed E-state index contributed by atoms with van der Waals surface area (Å²) in [6.07, 6.45) is 0.516. The van der Waals surface area contributed by atoms with E-state index in [0.29, 0.717) is 6.42 Å². The third-order valence-electron chi connectivity index (χ3n) is 3.02. The maximum absolute atomic E-state index is 12.1. The van der Waals surface area contributed by atoms with Crippen molar-refractivity contribution in [1.29, 1.82) is 0 Å². The van der Waals surface area contributed by atoms with Crippen LogP contribution in [0.4, 0.5) is 5.69 Å². The summed E-state index contributed by atoms with van der Waals surface area (Å²) in [6.45, 7) is 0.718. The maximum atomic E-state index is 12.1. The lowest BCUT2D eigenvalue weighted by Gasteiger charge is -2.18. The lowest BCUT2D eigenvalue weighted by molar-refractivity contribution is 0.0985. The molecule has 0 amide bonds. The third-order valence-corrected chi connectivity index (χ3v) is 3.51. The molecule has 0 aromatic heterocycles. The van der Waals surface area contributed by atoms with Gasteiger partial charge in [-0.05, 0) is 24.3 Å². The van der Waals surface area contributed by atoms with Gasteiger partial charge < -0.3 is 4.90 Å². The van der Waals surface area contributed by atoms with Gasteiger partial charge in [-0.15, -0.1) is 0 Å². The number of halogens is 1. The molecule has 0 N–H and O–H groups in total. The van der Waals surface area contributed by atoms with Crippen molar-refractivity contribution in [1.82, 2.24) is 0 Å². The molecule has 0 aliphatic heterocycles. The van der Waals surface area contributed by atoms with Gasteiger partial charge in [0, 0.05) is 35.7 Å². The Morgan fingerprint density at radius 3 is 2.53 bits per heavy atom. The molecule has 0 saturated carbocycles. The van der Waals surface area contributed by atoms with Crippen LogP contribution in [0.1, 0.15) is 16.8 Å². The van der Waals surface area contributed by atoms with Crippen LogP contribution in [0.25, 0.3) is 0 Å². The summed E-state index contributed by atoms with van der Waals surface area (Å²) in [7, 11) is 2.00. The minimum atomic E-state index is 0.170. The fourth-order valence-electron chi connectivity index (χ4n) is 1.89. The molecule has 3 heteroatoms. The van der Waals surface area contributed by atoms with Crippen LogP contribution in [0.2, 0.25) is 0 Å². The zero-order valence-electron chi connectivity index (χ0n) is 10.8. The largest absolute Gasteiger partial charge is 0.374 e. The first-order chi connectivity index (χ1) is 9.16. The Morgan fingerprint density at radius 1 is 1.11 bits per heavy atom. The standard InChI is InChI=1S/C16H16BrNO/c1-18(15-8-3-2-4-9-15)11-10-16(19)13-6-5-7-14(17)12-13/h2-9,12H,10-11H2,1H3. The number of hydrogen-bond acceptors (Lipinski definition) is 2. The monoisotopic (exact) mass is 317 g/mol. The second-order valence-electron chi connectivity index (χ2n) is 4.44. The van der Waals surface area contributed by atoms with Gasteiger partial charge in [0.2, 0.25) is 0 Å². The molecular weight excluding hydrogens is 302 g/mol. The highest BCUT2D eigenvalue weighted by Gasteiger charge is 2.08. The van der Waals surface area contributed by atoms with Crippen molar-refractivity contribution in [3.05, 3.63) is 64.6 Å². The quantitative estimate of drug-likeness (QED) is 0.772. The summed E-state index contributed by atoms with van der Waals surface area (Å²) in [5.41, 5.74) is 1.89. The Balaban J connectivity index is 1.94. The summed E-state index contributed by atoms with van der Waals surface area (Å²) in [6, 6.07) is 17.6.